The summed E-state index contributed by atoms with van der Waals surface area (Å²) in [5.41, 5.74) is 7.99. The van der Waals surface area contributed by atoms with Crippen LogP contribution in [0.1, 0.15) is 0 Å². The second-order valence-electron chi connectivity index (χ2n) is 3.70. The first-order valence-electron chi connectivity index (χ1n) is 5.25. The number of nitrogens with two attached hydrogens (primary N) is 1. The van der Waals surface area contributed by atoms with Crippen molar-refractivity contribution in [2.24, 2.45) is 0 Å². The molecular weight excluding hydrogens is 251 g/mol. The average molecular weight is 260 g/mol. The smallest absolute Gasteiger partial charge is 0.154 e. The summed E-state index contributed by atoms with van der Waals surface area (Å²) < 4.78 is 12.9. The molecule has 0 bridgehead atoms. The largest absolute Gasteiger partial charge is 0.382 e. The highest BCUT2D eigenvalue weighted by Gasteiger charge is 2.16. The van der Waals surface area contributed by atoms with E-state index in [9.17, 15) is 4.39 Å². The van der Waals surface area contributed by atoms with Crippen molar-refractivity contribution in [1.82, 2.24) is 15.2 Å². The van der Waals surface area contributed by atoms with Crippen LogP contribution < -0.4 is 5.73 Å². The van der Waals surface area contributed by atoms with E-state index in [1.807, 2.05) is 17.5 Å². The summed E-state index contributed by atoms with van der Waals surface area (Å²) in [6, 6.07) is 6.85. The summed E-state index contributed by atoms with van der Waals surface area (Å²) in [5, 5.41) is 8.80. The number of hydrogen-bond donors (Lipinski definition) is 2. The Morgan fingerprint density at radius 1 is 1.28 bits per heavy atom. The van der Waals surface area contributed by atoms with E-state index < -0.39 is 0 Å². The monoisotopic (exact) mass is 260 g/mol. The lowest BCUT2D eigenvalue weighted by molar-refractivity contribution is 0.622. The summed E-state index contributed by atoms with van der Waals surface area (Å²) >= 11 is 1.56. The fraction of sp³-hybridized carbons (Fsp3) is 0. The van der Waals surface area contributed by atoms with Crippen LogP contribution >= 0.6 is 11.3 Å². The lowest BCUT2D eigenvalue weighted by atomic mass is 10.1. The number of aromatic amines is 1. The maximum absolute atomic E-state index is 12.9. The zero-order chi connectivity index (χ0) is 12.5. The van der Waals surface area contributed by atoms with Crippen molar-refractivity contribution in [2.45, 2.75) is 0 Å². The number of pyridine rings is 1. The van der Waals surface area contributed by atoms with Gasteiger partial charge < -0.3 is 5.73 Å². The molecule has 0 unspecified atom stereocenters. The van der Waals surface area contributed by atoms with Gasteiger partial charge in [-0.15, -0.1) is 11.3 Å². The molecule has 4 nitrogen and oxygen atoms in total. The van der Waals surface area contributed by atoms with Crippen molar-refractivity contribution >= 4 is 17.2 Å². The van der Waals surface area contributed by atoms with Gasteiger partial charge in [-0.25, -0.2) is 4.39 Å². The normalized spacial score (nSPS) is 10.7. The molecule has 3 rings (SSSR count). The van der Waals surface area contributed by atoms with Gasteiger partial charge >= 0.3 is 0 Å². The van der Waals surface area contributed by atoms with Crippen molar-refractivity contribution in [3.05, 3.63) is 41.7 Å². The number of H-pyrrole nitrogens is 1. The van der Waals surface area contributed by atoms with Crippen LogP contribution in [-0.4, -0.2) is 15.2 Å². The highest BCUT2D eigenvalue weighted by atomic mass is 32.1. The lowest BCUT2D eigenvalue weighted by Gasteiger charge is -2.01. The molecule has 3 aromatic rings. The van der Waals surface area contributed by atoms with Crippen LogP contribution in [0.2, 0.25) is 0 Å². The molecule has 18 heavy (non-hydrogen) atoms. The summed E-state index contributed by atoms with van der Waals surface area (Å²) in [6.07, 6.45) is 1.17. The molecule has 3 aromatic heterocycles. The van der Waals surface area contributed by atoms with E-state index >= 15 is 0 Å². The van der Waals surface area contributed by atoms with E-state index in [1.54, 1.807) is 17.4 Å². The molecule has 0 saturated carbocycles. The Bertz CT molecular complexity index is 658. The number of nitrogen functional groups attached to an aromatic ring is 1. The predicted octanol–water partition coefficient (Wildman–Crippen LogP) is 2.92. The molecule has 0 fully saturated rings. The standard InChI is InChI=1S/C12H9FN4S/c13-7-3-4-8(15-6-7)11-10(12(14)17-16-11)9-2-1-5-18-9/h1-6H,(H3,14,16,17). The van der Waals surface area contributed by atoms with Crippen LogP contribution in [0, 0.1) is 5.82 Å². The van der Waals surface area contributed by atoms with Gasteiger partial charge in [-0.05, 0) is 23.6 Å². The molecule has 3 N–H and O–H groups in total. The quantitative estimate of drug-likeness (QED) is 0.744. The topological polar surface area (TPSA) is 67.6 Å². The van der Waals surface area contributed by atoms with Gasteiger partial charge in [-0.3, -0.25) is 10.1 Å². The molecule has 3 heterocycles. The maximum atomic E-state index is 12.9. The van der Waals surface area contributed by atoms with Crippen molar-refractivity contribution < 1.29 is 4.39 Å². The zero-order valence-electron chi connectivity index (χ0n) is 9.22. The third-order valence-electron chi connectivity index (χ3n) is 2.55. The number of anilines is 1. The van der Waals surface area contributed by atoms with Crippen molar-refractivity contribution in [2.75, 3.05) is 5.73 Å². The van der Waals surface area contributed by atoms with E-state index in [1.165, 1.54) is 12.3 Å². The minimum atomic E-state index is -0.371. The number of thiophene rings is 1. The molecule has 0 aliphatic heterocycles. The molecule has 0 amide bonds. The summed E-state index contributed by atoms with van der Waals surface area (Å²) in [5.74, 6) is 0.0440. The van der Waals surface area contributed by atoms with Gasteiger partial charge in [0.25, 0.3) is 0 Å². The first-order valence-corrected chi connectivity index (χ1v) is 6.13. The molecule has 0 aliphatic rings. The Labute approximate surface area is 106 Å². The number of halogens is 1. The van der Waals surface area contributed by atoms with E-state index in [4.69, 9.17) is 5.73 Å². The number of rotatable bonds is 2. The second kappa shape index (κ2) is 4.23. The van der Waals surface area contributed by atoms with Crippen LogP contribution in [-0.2, 0) is 0 Å². The predicted molar refractivity (Wildman–Crippen MR) is 69.5 cm³/mol. The Kier molecular flexibility index (Phi) is 2.56. The molecule has 0 spiro atoms. The molecule has 0 aromatic carbocycles. The fourth-order valence-corrected chi connectivity index (χ4v) is 2.52. The van der Waals surface area contributed by atoms with Crippen molar-refractivity contribution in [3.8, 4) is 21.8 Å². The number of nitrogens with one attached hydrogen (secondary N) is 1. The Morgan fingerprint density at radius 2 is 2.17 bits per heavy atom. The van der Waals surface area contributed by atoms with Crippen LogP contribution in [0.3, 0.4) is 0 Å². The van der Waals surface area contributed by atoms with Gasteiger partial charge in [0.05, 0.1) is 23.1 Å². The van der Waals surface area contributed by atoms with Crippen molar-refractivity contribution in [3.63, 3.8) is 0 Å². The van der Waals surface area contributed by atoms with Gasteiger partial charge in [0.2, 0.25) is 0 Å². The van der Waals surface area contributed by atoms with Gasteiger partial charge in [-0.1, -0.05) is 6.07 Å². The van der Waals surface area contributed by atoms with Gasteiger partial charge in [0.15, 0.2) is 5.82 Å². The Morgan fingerprint density at radius 3 is 2.83 bits per heavy atom. The minimum Gasteiger partial charge on any atom is -0.382 e. The van der Waals surface area contributed by atoms with E-state index in [0.717, 1.165) is 10.4 Å². The van der Waals surface area contributed by atoms with E-state index in [0.29, 0.717) is 17.2 Å². The molecule has 0 radical (unpaired) electrons. The second-order valence-corrected chi connectivity index (χ2v) is 4.65. The fourth-order valence-electron chi connectivity index (χ4n) is 1.74. The first-order chi connectivity index (χ1) is 8.75. The number of hydrogen-bond acceptors (Lipinski definition) is 4. The van der Waals surface area contributed by atoms with E-state index in [2.05, 4.69) is 15.2 Å². The highest BCUT2D eigenvalue weighted by Crippen LogP contribution is 2.36. The molecule has 0 aliphatic carbocycles. The summed E-state index contributed by atoms with van der Waals surface area (Å²) in [6.45, 7) is 0. The van der Waals surface area contributed by atoms with Crippen LogP contribution in [0.4, 0.5) is 10.2 Å². The number of nitrogens with zero attached hydrogens (tertiary/aromatic N) is 2. The molecule has 0 atom stereocenters. The Hall–Kier alpha value is -2.21. The molecular formula is C12H9FN4S. The van der Waals surface area contributed by atoms with Gasteiger partial charge in [-0.2, -0.15) is 5.10 Å². The maximum Gasteiger partial charge on any atom is 0.154 e. The molecule has 0 saturated heterocycles. The number of aromatic nitrogens is 3. The zero-order valence-corrected chi connectivity index (χ0v) is 10.0. The van der Waals surface area contributed by atoms with Crippen LogP contribution in [0.5, 0.6) is 0 Å². The van der Waals surface area contributed by atoms with E-state index in [-0.39, 0.29) is 5.82 Å². The minimum absolute atomic E-state index is 0.371. The van der Waals surface area contributed by atoms with Gasteiger partial charge in [0, 0.05) is 4.88 Å². The first kappa shape index (κ1) is 10.9. The average Bonchev–Trinajstić information content (AvgIpc) is 2.99. The summed E-state index contributed by atoms with van der Waals surface area (Å²) in [4.78, 5) is 5.04. The third-order valence-corrected chi connectivity index (χ3v) is 3.43. The third kappa shape index (κ3) is 1.76. The van der Waals surface area contributed by atoms with Gasteiger partial charge in [0.1, 0.15) is 5.82 Å². The highest BCUT2D eigenvalue weighted by molar-refractivity contribution is 7.13. The molecule has 90 valence electrons. The summed E-state index contributed by atoms with van der Waals surface area (Å²) in [7, 11) is 0. The lowest BCUT2D eigenvalue weighted by Crippen LogP contribution is -1.88. The molecule has 6 heteroatoms. The van der Waals surface area contributed by atoms with Crippen molar-refractivity contribution in [1.29, 1.82) is 0 Å². The van der Waals surface area contributed by atoms with Crippen LogP contribution in [0.25, 0.3) is 21.8 Å². The Balaban J connectivity index is 2.16. The SMILES string of the molecule is Nc1n[nH]c(-c2ccc(F)cn2)c1-c1cccs1. The van der Waals surface area contributed by atoms with Crippen LogP contribution in [0.15, 0.2) is 35.8 Å².